The number of carbonyl (C=O) groups is 5. The molecule has 0 saturated heterocycles. The number of Topliss-reactive ketones (excluding diaryl/α,β-unsaturated/α-hetero) is 2. The van der Waals surface area contributed by atoms with Crippen molar-refractivity contribution in [2.75, 3.05) is 25.7 Å². The zero-order valence-electron chi connectivity index (χ0n) is 24.3. The summed E-state index contributed by atoms with van der Waals surface area (Å²) < 4.78 is 15.9. The van der Waals surface area contributed by atoms with E-state index in [-0.39, 0.29) is 29.9 Å². The van der Waals surface area contributed by atoms with Gasteiger partial charge < -0.3 is 14.2 Å². The van der Waals surface area contributed by atoms with E-state index in [1.54, 1.807) is 85.8 Å². The van der Waals surface area contributed by atoms with Gasteiger partial charge in [0.25, 0.3) is 0 Å². The molecule has 0 bridgehead atoms. The van der Waals surface area contributed by atoms with Crippen LogP contribution in [0.25, 0.3) is 0 Å². The van der Waals surface area contributed by atoms with Crippen molar-refractivity contribution in [1.29, 1.82) is 0 Å². The molecule has 43 heavy (non-hydrogen) atoms. The highest BCUT2D eigenvalue weighted by molar-refractivity contribution is 6.26. The molecule has 1 aliphatic carbocycles. The van der Waals surface area contributed by atoms with Crippen LogP contribution in [0.4, 0.5) is 5.69 Å². The minimum absolute atomic E-state index is 0.00285. The van der Waals surface area contributed by atoms with Gasteiger partial charge in [-0.25, -0.2) is 4.90 Å². The SMILES string of the molecule is CCOC(=O)C1C(C(=O)c2ccc(OC)cc2)=C[C@@H](CC(=O)c2ccc(OC)cc2)[C@@]12C(=O)N(C(C)=O)c1ccccc12. The molecule has 0 N–H and O–H groups in total. The molecule has 1 unspecified atom stereocenters. The fourth-order valence-electron chi connectivity index (χ4n) is 6.25. The van der Waals surface area contributed by atoms with E-state index in [4.69, 9.17) is 14.2 Å². The average molecular weight is 582 g/mol. The molecular formula is C34H31NO8. The Hall–Kier alpha value is -5.05. The maximum atomic E-state index is 14.6. The summed E-state index contributed by atoms with van der Waals surface area (Å²) in [6, 6.07) is 19.6. The number of methoxy groups -OCH3 is 2. The number of anilines is 1. The molecule has 5 rings (SSSR count). The van der Waals surface area contributed by atoms with Crippen LogP contribution in [0.2, 0.25) is 0 Å². The second-order valence-electron chi connectivity index (χ2n) is 10.4. The van der Waals surface area contributed by atoms with Crippen LogP contribution in [-0.4, -0.2) is 50.2 Å². The van der Waals surface area contributed by atoms with Crippen molar-refractivity contribution in [1.82, 2.24) is 0 Å². The summed E-state index contributed by atoms with van der Waals surface area (Å²) in [5, 5.41) is 0. The molecule has 1 heterocycles. The number of esters is 1. The number of ketones is 2. The largest absolute Gasteiger partial charge is 0.497 e. The summed E-state index contributed by atoms with van der Waals surface area (Å²) in [6.07, 6.45) is 1.33. The highest BCUT2D eigenvalue weighted by atomic mass is 16.5. The minimum Gasteiger partial charge on any atom is -0.497 e. The third-order valence-electron chi connectivity index (χ3n) is 8.15. The molecule has 9 heteroatoms. The second kappa shape index (κ2) is 11.7. The van der Waals surface area contributed by atoms with Gasteiger partial charge in [0, 0.05) is 36.0 Å². The molecule has 9 nitrogen and oxygen atoms in total. The van der Waals surface area contributed by atoms with Crippen LogP contribution in [0.3, 0.4) is 0 Å². The molecule has 2 amide bonds. The molecule has 3 aromatic rings. The number of hydrogen-bond donors (Lipinski definition) is 0. The maximum Gasteiger partial charge on any atom is 0.315 e. The van der Waals surface area contributed by atoms with Crippen molar-refractivity contribution in [3.05, 3.63) is 101 Å². The van der Waals surface area contributed by atoms with Gasteiger partial charge in [-0.15, -0.1) is 0 Å². The third kappa shape index (κ3) is 4.80. The van der Waals surface area contributed by atoms with Crippen LogP contribution in [0.15, 0.2) is 84.4 Å². The predicted molar refractivity (Wildman–Crippen MR) is 157 cm³/mol. The third-order valence-corrected chi connectivity index (χ3v) is 8.15. The van der Waals surface area contributed by atoms with E-state index < -0.39 is 40.8 Å². The van der Waals surface area contributed by atoms with Crippen molar-refractivity contribution >= 4 is 35.0 Å². The number of carbonyl (C=O) groups excluding carboxylic acids is 5. The number of hydrogen-bond acceptors (Lipinski definition) is 8. The lowest BCUT2D eigenvalue weighted by Crippen LogP contribution is -2.52. The first kappa shape index (κ1) is 29.4. The Morgan fingerprint density at radius 3 is 1.98 bits per heavy atom. The van der Waals surface area contributed by atoms with E-state index in [1.807, 2.05) is 0 Å². The molecule has 0 saturated carbocycles. The van der Waals surface area contributed by atoms with E-state index in [2.05, 4.69) is 0 Å². The standard InChI is InChI=1S/C34H31NO8/c1-5-43-32(39)30-26(31(38)22-12-16-25(42-4)17-13-22)18-23(19-29(37)21-10-14-24(41-3)15-11-21)34(30)27-8-6-7-9-28(27)35(20(2)36)33(34)40/h6-18,23,30H,5,19H2,1-4H3/t23-,30?,34-/m0/s1. The Kier molecular flexibility index (Phi) is 8.00. The Balaban J connectivity index is 1.71. The van der Waals surface area contributed by atoms with Crippen molar-refractivity contribution < 1.29 is 38.2 Å². The van der Waals surface area contributed by atoms with Crippen molar-refractivity contribution in [2.45, 2.75) is 25.7 Å². The first-order chi connectivity index (χ1) is 20.7. The van der Waals surface area contributed by atoms with E-state index in [0.29, 0.717) is 28.3 Å². The molecular weight excluding hydrogens is 550 g/mol. The fourth-order valence-corrected chi connectivity index (χ4v) is 6.25. The Labute approximate surface area is 249 Å². The van der Waals surface area contributed by atoms with Crippen molar-refractivity contribution in [2.24, 2.45) is 11.8 Å². The highest BCUT2D eigenvalue weighted by Gasteiger charge is 2.67. The number of ether oxygens (including phenoxy) is 3. The summed E-state index contributed by atoms with van der Waals surface area (Å²) in [5.41, 5.74) is -0.411. The van der Waals surface area contributed by atoms with Gasteiger partial charge in [-0.1, -0.05) is 24.3 Å². The monoisotopic (exact) mass is 581 g/mol. The molecule has 2 aliphatic rings. The van der Waals surface area contributed by atoms with Gasteiger partial charge in [0.15, 0.2) is 11.6 Å². The number of fused-ring (bicyclic) bond motifs is 2. The minimum atomic E-state index is -1.77. The first-order valence-electron chi connectivity index (χ1n) is 13.9. The molecule has 3 aromatic carbocycles. The molecule has 0 aromatic heterocycles. The van der Waals surface area contributed by atoms with Gasteiger partial charge >= 0.3 is 5.97 Å². The van der Waals surface area contributed by atoms with Crippen LogP contribution in [0, 0.1) is 11.8 Å². The molecule has 0 radical (unpaired) electrons. The lowest BCUT2D eigenvalue weighted by molar-refractivity contribution is -0.152. The smallest absolute Gasteiger partial charge is 0.315 e. The first-order valence-corrected chi connectivity index (χ1v) is 13.9. The zero-order chi connectivity index (χ0) is 30.9. The number of nitrogens with zero attached hydrogens (tertiary/aromatic N) is 1. The van der Waals surface area contributed by atoms with E-state index in [1.165, 1.54) is 21.1 Å². The van der Waals surface area contributed by atoms with Gasteiger partial charge in [-0.05, 0) is 67.1 Å². The van der Waals surface area contributed by atoms with Crippen LogP contribution >= 0.6 is 0 Å². The second-order valence-corrected chi connectivity index (χ2v) is 10.4. The number of para-hydroxylation sites is 1. The quantitative estimate of drug-likeness (QED) is 0.263. The maximum absolute atomic E-state index is 14.6. The summed E-state index contributed by atoms with van der Waals surface area (Å²) in [4.78, 5) is 70.2. The molecule has 1 spiro atoms. The number of allylic oxidation sites excluding steroid dienone is 1. The van der Waals surface area contributed by atoms with Crippen LogP contribution in [0.1, 0.15) is 46.5 Å². The molecule has 220 valence electrons. The van der Waals surface area contributed by atoms with Gasteiger partial charge in [-0.3, -0.25) is 24.0 Å². The van der Waals surface area contributed by atoms with Crippen molar-refractivity contribution in [3.63, 3.8) is 0 Å². The number of benzene rings is 3. The topological polar surface area (TPSA) is 116 Å². The van der Waals surface area contributed by atoms with Gasteiger partial charge in [-0.2, -0.15) is 0 Å². The molecule has 0 fully saturated rings. The highest BCUT2D eigenvalue weighted by Crippen LogP contribution is 2.58. The average Bonchev–Trinajstić information content (AvgIpc) is 3.49. The Bertz CT molecular complexity index is 1640. The van der Waals surface area contributed by atoms with Gasteiger partial charge in [0.2, 0.25) is 11.8 Å². The Morgan fingerprint density at radius 2 is 1.42 bits per heavy atom. The van der Waals surface area contributed by atoms with E-state index in [0.717, 1.165) is 4.90 Å². The summed E-state index contributed by atoms with van der Waals surface area (Å²) in [7, 11) is 3.02. The van der Waals surface area contributed by atoms with Crippen molar-refractivity contribution in [3.8, 4) is 11.5 Å². The van der Waals surface area contributed by atoms with Crippen LogP contribution in [0.5, 0.6) is 11.5 Å². The summed E-state index contributed by atoms with van der Waals surface area (Å²) >= 11 is 0. The zero-order valence-corrected chi connectivity index (χ0v) is 24.3. The van der Waals surface area contributed by atoms with Crippen LogP contribution < -0.4 is 14.4 Å². The fraction of sp³-hybridized carbons (Fsp3) is 0.265. The van der Waals surface area contributed by atoms with E-state index >= 15 is 0 Å². The van der Waals surface area contributed by atoms with Gasteiger partial charge in [0.1, 0.15) is 22.8 Å². The van der Waals surface area contributed by atoms with E-state index in [9.17, 15) is 24.0 Å². The van der Waals surface area contributed by atoms with Crippen LogP contribution in [-0.2, 0) is 24.5 Å². The lowest BCUT2D eigenvalue weighted by atomic mass is 9.64. The number of amides is 2. The number of rotatable bonds is 9. The summed E-state index contributed by atoms with van der Waals surface area (Å²) in [6.45, 7) is 2.89. The lowest BCUT2D eigenvalue weighted by Gasteiger charge is -2.35. The summed E-state index contributed by atoms with van der Waals surface area (Å²) in [5.74, 6) is -4.07. The molecule has 1 aliphatic heterocycles. The number of imide groups is 1. The van der Waals surface area contributed by atoms with Gasteiger partial charge in [0.05, 0.1) is 26.5 Å². The predicted octanol–water partition coefficient (Wildman–Crippen LogP) is 4.73. The molecule has 3 atom stereocenters. The Morgan fingerprint density at radius 1 is 0.837 bits per heavy atom. The normalized spacial score (nSPS) is 20.4.